The molecule has 20 heavy (non-hydrogen) atoms. The average molecular weight is 285 g/mol. The predicted molar refractivity (Wildman–Crippen MR) is 76.4 cm³/mol. The summed E-state index contributed by atoms with van der Waals surface area (Å²) in [4.78, 5) is 23.3. The summed E-state index contributed by atoms with van der Waals surface area (Å²) in [6.45, 7) is 5.81. The molecule has 0 aromatic rings. The average Bonchev–Trinajstić information content (AvgIpc) is 2.87. The summed E-state index contributed by atoms with van der Waals surface area (Å²) in [5.41, 5.74) is 0. The number of hydrogen-bond donors (Lipinski definition) is 2. The third kappa shape index (κ3) is 5.12. The Labute approximate surface area is 121 Å². The van der Waals surface area contributed by atoms with Gasteiger partial charge in [-0.15, -0.1) is 0 Å². The van der Waals surface area contributed by atoms with E-state index in [0.29, 0.717) is 38.5 Å². The van der Waals surface area contributed by atoms with E-state index in [1.807, 2.05) is 6.92 Å². The Morgan fingerprint density at radius 1 is 1.20 bits per heavy atom. The predicted octanol–water partition coefficient (Wildman–Crippen LogP) is 2.06. The van der Waals surface area contributed by atoms with Crippen molar-refractivity contribution in [1.82, 2.24) is 5.32 Å². The monoisotopic (exact) mass is 285 g/mol. The van der Waals surface area contributed by atoms with Gasteiger partial charge in [-0.3, -0.25) is 9.59 Å². The lowest BCUT2D eigenvalue weighted by Gasteiger charge is -2.15. The van der Waals surface area contributed by atoms with Gasteiger partial charge in [0.05, 0.1) is 18.4 Å². The molecular formula is C15H27NO4. The Kier molecular flexibility index (Phi) is 7.59. The number of rotatable bonds is 9. The van der Waals surface area contributed by atoms with Gasteiger partial charge in [0, 0.05) is 13.2 Å². The van der Waals surface area contributed by atoms with Crippen LogP contribution in [0.5, 0.6) is 0 Å². The van der Waals surface area contributed by atoms with E-state index in [1.165, 1.54) is 0 Å². The van der Waals surface area contributed by atoms with Gasteiger partial charge in [0.25, 0.3) is 0 Å². The summed E-state index contributed by atoms with van der Waals surface area (Å²) < 4.78 is 5.37. The zero-order valence-corrected chi connectivity index (χ0v) is 12.6. The highest BCUT2D eigenvalue weighted by molar-refractivity contribution is 5.85. The van der Waals surface area contributed by atoms with Gasteiger partial charge in [-0.25, -0.2) is 0 Å². The molecule has 0 spiro atoms. The topological polar surface area (TPSA) is 75.6 Å². The van der Waals surface area contributed by atoms with Crippen molar-refractivity contribution in [3.63, 3.8) is 0 Å². The van der Waals surface area contributed by atoms with Crippen molar-refractivity contribution in [2.24, 2.45) is 17.8 Å². The van der Waals surface area contributed by atoms with E-state index in [0.717, 1.165) is 19.3 Å². The van der Waals surface area contributed by atoms with Crippen LogP contribution in [0.2, 0.25) is 0 Å². The van der Waals surface area contributed by atoms with E-state index in [9.17, 15) is 14.7 Å². The van der Waals surface area contributed by atoms with E-state index in [2.05, 4.69) is 12.2 Å². The van der Waals surface area contributed by atoms with Crippen molar-refractivity contribution >= 4 is 11.9 Å². The minimum Gasteiger partial charge on any atom is -0.481 e. The Bertz CT molecular complexity index is 319. The highest BCUT2D eigenvalue weighted by Crippen LogP contribution is 2.38. The van der Waals surface area contributed by atoms with Crippen LogP contribution in [0.25, 0.3) is 0 Å². The number of ether oxygens (including phenoxy) is 1. The Morgan fingerprint density at radius 3 is 2.50 bits per heavy atom. The molecule has 5 heteroatoms. The minimum atomic E-state index is -0.847. The first-order chi connectivity index (χ1) is 9.60. The minimum absolute atomic E-state index is 0.132. The molecule has 0 aliphatic heterocycles. The Morgan fingerprint density at radius 2 is 1.90 bits per heavy atom. The first-order valence-corrected chi connectivity index (χ1v) is 7.68. The fourth-order valence-electron chi connectivity index (χ4n) is 2.76. The largest absolute Gasteiger partial charge is 0.481 e. The Balaban J connectivity index is 2.32. The highest BCUT2D eigenvalue weighted by atomic mass is 16.5. The maximum absolute atomic E-state index is 12.1. The van der Waals surface area contributed by atoms with Crippen LogP contribution >= 0.6 is 0 Å². The molecule has 0 heterocycles. The van der Waals surface area contributed by atoms with Gasteiger partial charge in [-0.1, -0.05) is 26.7 Å². The molecule has 1 aliphatic carbocycles. The van der Waals surface area contributed by atoms with E-state index < -0.39 is 11.9 Å². The number of carbonyl (C=O) groups is 2. The number of carboxylic acids is 1. The summed E-state index contributed by atoms with van der Waals surface area (Å²) in [6, 6.07) is 0. The lowest BCUT2D eigenvalue weighted by Crippen LogP contribution is -2.37. The molecule has 1 saturated carbocycles. The summed E-state index contributed by atoms with van der Waals surface area (Å²) in [6.07, 6.45) is 4.36. The summed E-state index contributed by atoms with van der Waals surface area (Å²) in [5, 5.41) is 12.0. The molecule has 1 amide bonds. The number of hydrogen-bond acceptors (Lipinski definition) is 3. The molecule has 1 rings (SSSR count). The second-order valence-corrected chi connectivity index (χ2v) is 5.55. The Hall–Kier alpha value is -1.10. The van der Waals surface area contributed by atoms with Crippen LogP contribution in [0.15, 0.2) is 0 Å². The third-order valence-corrected chi connectivity index (χ3v) is 4.08. The van der Waals surface area contributed by atoms with Crippen LogP contribution < -0.4 is 5.32 Å². The second kappa shape index (κ2) is 8.95. The number of unbranched alkanes of at least 4 members (excludes halogenated alkanes) is 1. The lowest BCUT2D eigenvalue weighted by atomic mass is 9.95. The number of carboxylic acid groups (broad SMARTS) is 1. The summed E-state index contributed by atoms with van der Waals surface area (Å²) in [7, 11) is 0. The van der Waals surface area contributed by atoms with Gasteiger partial charge in [-0.05, 0) is 25.2 Å². The maximum atomic E-state index is 12.1. The van der Waals surface area contributed by atoms with Crippen molar-refractivity contribution in [3.05, 3.63) is 0 Å². The third-order valence-electron chi connectivity index (χ3n) is 4.08. The van der Waals surface area contributed by atoms with Crippen molar-refractivity contribution in [2.45, 2.75) is 46.0 Å². The molecule has 1 aliphatic rings. The fraction of sp³-hybridized carbons (Fsp3) is 0.867. The van der Waals surface area contributed by atoms with Crippen LogP contribution in [0.1, 0.15) is 46.0 Å². The number of aliphatic carboxylic acids is 1. The van der Waals surface area contributed by atoms with Gasteiger partial charge < -0.3 is 15.2 Å². The van der Waals surface area contributed by atoms with E-state index in [4.69, 9.17) is 4.74 Å². The molecule has 0 aromatic carbocycles. The zero-order valence-electron chi connectivity index (χ0n) is 12.6. The molecule has 3 unspecified atom stereocenters. The normalized spacial score (nSPS) is 25.6. The molecule has 116 valence electrons. The molecule has 0 bridgehead atoms. The van der Waals surface area contributed by atoms with Crippen molar-refractivity contribution in [1.29, 1.82) is 0 Å². The fourth-order valence-corrected chi connectivity index (χ4v) is 2.76. The standard InChI is InChI=1S/C15H27NO4/c1-3-5-7-20-8-6-16-14(17)12-9-11(4-2)10-13(12)15(18)19/h11-13H,3-10H2,1-2H3,(H,16,17)(H,18,19). The summed E-state index contributed by atoms with van der Waals surface area (Å²) in [5.74, 6) is -1.53. The molecule has 0 aromatic heterocycles. The van der Waals surface area contributed by atoms with Gasteiger partial charge in [-0.2, -0.15) is 0 Å². The number of nitrogens with one attached hydrogen (secondary N) is 1. The van der Waals surface area contributed by atoms with E-state index in [1.54, 1.807) is 0 Å². The smallest absolute Gasteiger partial charge is 0.307 e. The lowest BCUT2D eigenvalue weighted by molar-refractivity contribution is -0.146. The maximum Gasteiger partial charge on any atom is 0.307 e. The van der Waals surface area contributed by atoms with Gasteiger partial charge >= 0.3 is 5.97 Å². The molecule has 2 N–H and O–H groups in total. The van der Waals surface area contributed by atoms with Gasteiger partial charge in [0.1, 0.15) is 0 Å². The quantitative estimate of drug-likeness (QED) is 0.636. The van der Waals surface area contributed by atoms with Gasteiger partial charge in [0.2, 0.25) is 5.91 Å². The number of carbonyl (C=O) groups excluding carboxylic acids is 1. The molecule has 3 atom stereocenters. The first kappa shape index (κ1) is 17.0. The number of amides is 1. The molecule has 0 saturated heterocycles. The van der Waals surface area contributed by atoms with E-state index >= 15 is 0 Å². The summed E-state index contributed by atoms with van der Waals surface area (Å²) >= 11 is 0. The molecular weight excluding hydrogens is 258 g/mol. The van der Waals surface area contributed by atoms with Crippen LogP contribution in [0.3, 0.4) is 0 Å². The SMILES string of the molecule is CCCCOCCNC(=O)C1CC(CC)CC1C(=O)O. The zero-order chi connectivity index (χ0) is 15.0. The van der Waals surface area contributed by atoms with Crippen LogP contribution in [0.4, 0.5) is 0 Å². The van der Waals surface area contributed by atoms with Crippen LogP contribution in [-0.4, -0.2) is 36.7 Å². The van der Waals surface area contributed by atoms with Crippen molar-refractivity contribution < 1.29 is 19.4 Å². The van der Waals surface area contributed by atoms with Crippen molar-refractivity contribution in [2.75, 3.05) is 19.8 Å². The first-order valence-electron chi connectivity index (χ1n) is 7.68. The van der Waals surface area contributed by atoms with Crippen LogP contribution in [-0.2, 0) is 14.3 Å². The van der Waals surface area contributed by atoms with Crippen molar-refractivity contribution in [3.8, 4) is 0 Å². The molecule has 1 fully saturated rings. The highest BCUT2D eigenvalue weighted by Gasteiger charge is 2.41. The molecule has 0 radical (unpaired) electrons. The second-order valence-electron chi connectivity index (χ2n) is 5.55. The van der Waals surface area contributed by atoms with Crippen LogP contribution in [0, 0.1) is 17.8 Å². The molecule has 5 nitrogen and oxygen atoms in total. The van der Waals surface area contributed by atoms with E-state index in [-0.39, 0.29) is 11.8 Å². The van der Waals surface area contributed by atoms with Gasteiger partial charge in [0.15, 0.2) is 0 Å².